The van der Waals surface area contributed by atoms with E-state index < -0.39 is 5.91 Å². The summed E-state index contributed by atoms with van der Waals surface area (Å²) in [6, 6.07) is 13.4. The number of carbonyl (C=O) groups is 2. The molecule has 2 heterocycles. The summed E-state index contributed by atoms with van der Waals surface area (Å²) < 4.78 is 8.73. The summed E-state index contributed by atoms with van der Waals surface area (Å²) in [7, 11) is 0. The molecular formula is C21H17ClN2O3S2. The van der Waals surface area contributed by atoms with Crippen molar-refractivity contribution in [2.75, 3.05) is 6.61 Å². The standard InChI is InChI=1S/C21H17ClN2O3S2/c1-3-27-16(25)11-24-18-12(2)7-6-10-15(18)29-21(24)23-20(26)19-17(22)13-8-4-5-9-14(13)28-19/h4-10H,3,11H2,1-2H3. The lowest BCUT2D eigenvalue weighted by Gasteiger charge is -2.06. The second-order valence-electron chi connectivity index (χ2n) is 6.36. The number of thiophene rings is 1. The summed E-state index contributed by atoms with van der Waals surface area (Å²) in [4.78, 5) is 30.3. The molecule has 0 fully saturated rings. The molecule has 0 N–H and O–H groups in total. The Morgan fingerprint density at radius 2 is 1.86 bits per heavy atom. The van der Waals surface area contributed by atoms with E-state index in [2.05, 4.69) is 4.99 Å². The van der Waals surface area contributed by atoms with Crippen LogP contribution in [0.2, 0.25) is 5.02 Å². The van der Waals surface area contributed by atoms with Crippen LogP contribution in [0.25, 0.3) is 20.3 Å². The lowest BCUT2D eigenvalue weighted by atomic mass is 10.2. The second-order valence-corrected chi connectivity index (χ2v) is 8.80. The molecule has 5 nitrogen and oxygen atoms in total. The predicted octanol–water partition coefficient (Wildman–Crippen LogP) is 5.18. The van der Waals surface area contributed by atoms with Gasteiger partial charge in [0.1, 0.15) is 11.4 Å². The van der Waals surface area contributed by atoms with E-state index in [1.165, 1.54) is 22.7 Å². The number of ether oxygens (including phenoxy) is 1. The van der Waals surface area contributed by atoms with E-state index in [-0.39, 0.29) is 12.5 Å². The number of aromatic nitrogens is 1. The predicted molar refractivity (Wildman–Crippen MR) is 118 cm³/mol. The van der Waals surface area contributed by atoms with Gasteiger partial charge in [-0.25, -0.2) is 0 Å². The third-order valence-electron chi connectivity index (χ3n) is 4.42. The Labute approximate surface area is 179 Å². The minimum atomic E-state index is -0.419. The van der Waals surface area contributed by atoms with Crippen molar-refractivity contribution in [2.45, 2.75) is 20.4 Å². The number of benzene rings is 2. The molecule has 29 heavy (non-hydrogen) atoms. The quantitative estimate of drug-likeness (QED) is 0.407. The van der Waals surface area contributed by atoms with Crippen LogP contribution < -0.4 is 4.80 Å². The van der Waals surface area contributed by atoms with Crippen molar-refractivity contribution in [3.05, 3.63) is 62.7 Å². The van der Waals surface area contributed by atoms with Crippen LogP contribution in [0.5, 0.6) is 0 Å². The largest absolute Gasteiger partial charge is 0.465 e. The molecule has 0 aliphatic rings. The minimum absolute atomic E-state index is 0.00897. The fraction of sp³-hybridized carbons (Fsp3) is 0.190. The average molecular weight is 445 g/mol. The average Bonchev–Trinajstić information content (AvgIpc) is 3.21. The molecule has 148 valence electrons. The molecule has 0 aliphatic carbocycles. The fourth-order valence-electron chi connectivity index (χ4n) is 3.16. The Balaban J connectivity index is 1.86. The summed E-state index contributed by atoms with van der Waals surface area (Å²) >= 11 is 9.12. The molecule has 0 bridgehead atoms. The highest BCUT2D eigenvalue weighted by molar-refractivity contribution is 7.21. The van der Waals surface area contributed by atoms with Crippen LogP contribution in [0.1, 0.15) is 22.2 Å². The molecule has 4 aromatic rings. The van der Waals surface area contributed by atoms with E-state index in [9.17, 15) is 9.59 Å². The van der Waals surface area contributed by atoms with E-state index in [4.69, 9.17) is 16.3 Å². The molecule has 0 spiro atoms. The van der Waals surface area contributed by atoms with Crippen LogP contribution in [0.3, 0.4) is 0 Å². The molecule has 0 saturated carbocycles. The Kier molecular flexibility index (Phi) is 5.54. The van der Waals surface area contributed by atoms with Crippen LogP contribution >= 0.6 is 34.3 Å². The Hall–Kier alpha value is -2.48. The number of halogens is 1. The number of nitrogens with zero attached hydrogens (tertiary/aromatic N) is 2. The number of amides is 1. The number of esters is 1. The number of thiazole rings is 1. The summed E-state index contributed by atoms with van der Waals surface area (Å²) in [5.74, 6) is -0.790. The van der Waals surface area contributed by atoms with Gasteiger partial charge in [0.05, 0.1) is 21.8 Å². The van der Waals surface area contributed by atoms with Crippen molar-refractivity contribution >= 4 is 66.5 Å². The van der Waals surface area contributed by atoms with Crippen molar-refractivity contribution in [3.63, 3.8) is 0 Å². The van der Waals surface area contributed by atoms with E-state index in [0.717, 1.165) is 25.9 Å². The van der Waals surface area contributed by atoms with E-state index in [1.54, 1.807) is 11.5 Å². The summed E-state index contributed by atoms with van der Waals surface area (Å²) in [5.41, 5.74) is 1.87. The fourth-order valence-corrected chi connectivity index (χ4v) is 5.67. The summed E-state index contributed by atoms with van der Waals surface area (Å²) in [6.45, 7) is 4.01. The SMILES string of the molecule is CCOC(=O)Cn1c(=NC(=O)c2sc3ccccc3c2Cl)sc2cccc(C)c21. The number of carbonyl (C=O) groups excluding carboxylic acids is 2. The topological polar surface area (TPSA) is 60.7 Å². The number of fused-ring (bicyclic) bond motifs is 2. The van der Waals surface area contributed by atoms with Crippen LogP contribution in [-0.2, 0) is 16.1 Å². The summed E-state index contributed by atoms with van der Waals surface area (Å²) in [6.07, 6.45) is 0. The van der Waals surface area contributed by atoms with Gasteiger partial charge in [0.2, 0.25) is 0 Å². The summed E-state index contributed by atoms with van der Waals surface area (Å²) in [5, 5.41) is 1.25. The highest BCUT2D eigenvalue weighted by Gasteiger charge is 2.18. The van der Waals surface area contributed by atoms with Gasteiger partial charge in [0.15, 0.2) is 4.80 Å². The number of aryl methyl sites for hydroxylation is 1. The zero-order chi connectivity index (χ0) is 20.5. The van der Waals surface area contributed by atoms with Crippen LogP contribution in [0, 0.1) is 6.92 Å². The maximum absolute atomic E-state index is 13.0. The normalized spacial score (nSPS) is 12.0. The minimum Gasteiger partial charge on any atom is -0.465 e. The van der Waals surface area contributed by atoms with Gasteiger partial charge in [0, 0.05) is 10.1 Å². The second kappa shape index (κ2) is 8.10. The first kappa shape index (κ1) is 19.8. The van der Waals surface area contributed by atoms with Gasteiger partial charge < -0.3 is 9.30 Å². The van der Waals surface area contributed by atoms with Crippen molar-refractivity contribution in [1.29, 1.82) is 0 Å². The van der Waals surface area contributed by atoms with Gasteiger partial charge in [-0.3, -0.25) is 9.59 Å². The number of para-hydroxylation sites is 1. The Morgan fingerprint density at radius 3 is 2.62 bits per heavy atom. The van der Waals surface area contributed by atoms with Crippen LogP contribution in [0.15, 0.2) is 47.5 Å². The van der Waals surface area contributed by atoms with Crippen molar-refractivity contribution < 1.29 is 14.3 Å². The molecule has 0 atom stereocenters. The monoisotopic (exact) mass is 444 g/mol. The Morgan fingerprint density at radius 1 is 1.10 bits per heavy atom. The smallest absolute Gasteiger partial charge is 0.326 e. The van der Waals surface area contributed by atoms with Crippen molar-refractivity contribution in [3.8, 4) is 0 Å². The first-order valence-corrected chi connectivity index (χ1v) is 11.0. The maximum Gasteiger partial charge on any atom is 0.326 e. The number of hydrogen-bond donors (Lipinski definition) is 0. The van der Waals surface area contributed by atoms with E-state index >= 15 is 0 Å². The molecule has 0 saturated heterocycles. The van der Waals surface area contributed by atoms with Gasteiger partial charge in [-0.15, -0.1) is 11.3 Å². The lowest BCUT2D eigenvalue weighted by Crippen LogP contribution is -2.23. The molecular weight excluding hydrogens is 428 g/mol. The zero-order valence-corrected chi connectivity index (χ0v) is 18.2. The van der Waals surface area contributed by atoms with Crippen molar-refractivity contribution in [1.82, 2.24) is 4.57 Å². The van der Waals surface area contributed by atoms with Gasteiger partial charge in [-0.1, -0.05) is 53.3 Å². The third kappa shape index (κ3) is 3.73. The lowest BCUT2D eigenvalue weighted by molar-refractivity contribution is -0.143. The molecule has 2 aromatic heterocycles. The van der Waals surface area contributed by atoms with E-state index in [1.807, 2.05) is 49.4 Å². The Bertz CT molecular complexity index is 1320. The van der Waals surface area contributed by atoms with Gasteiger partial charge in [-0.2, -0.15) is 4.99 Å². The molecule has 0 unspecified atom stereocenters. The third-order valence-corrected chi connectivity index (χ3v) is 7.13. The van der Waals surface area contributed by atoms with Crippen LogP contribution in [0.4, 0.5) is 0 Å². The molecule has 8 heteroatoms. The van der Waals surface area contributed by atoms with Gasteiger partial charge in [0.25, 0.3) is 5.91 Å². The highest BCUT2D eigenvalue weighted by Crippen LogP contribution is 2.35. The molecule has 1 amide bonds. The molecule has 4 rings (SSSR count). The first-order valence-electron chi connectivity index (χ1n) is 9.00. The van der Waals surface area contributed by atoms with Gasteiger partial charge in [-0.05, 0) is 31.5 Å². The van der Waals surface area contributed by atoms with Crippen molar-refractivity contribution in [2.24, 2.45) is 4.99 Å². The van der Waals surface area contributed by atoms with Gasteiger partial charge >= 0.3 is 5.97 Å². The molecule has 2 aromatic carbocycles. The van der Waals surface area contributed by atoms with Crippen LogP contribution in [-0.4, -0.2) is 23.1 Å². The highest BCUT2D eigenvalue weighted by atomic mass is 35.5. The molecule has 0 aliphatic heterocycles. The number of hydrogen-bond acceptors (Lipinski definition) is 5. The molecule has 0 radical (unpaired) electrons. The first-order chi connectivity index (χ1) is 14.0. The zero-order valence-electron chi connectivity index (χ0n) is 15.8. The maximum atomic E-state index is 13.0. The van der Waals surface area contributed by atoms with E-state index in [0.29, 0.717) is 21.3 Å². The number of rotatable bonds is 4.